The Morgan fingerprint density at radius 2 is 1.03 bits per heavy atom. The van der Waals surface area contributed by atoms with Crippen LogP contribution in [-0.4, -0.2) is 74.5 Å². The molecule has 12 nitrogen and oxygen atoms in total. The number of esters is 2. The molecule has 2 aromatic rings. The molecule has 0 amide bonds. The van der Waals surface area contributed by atoms with E-state index < -0.39 is 90.3 Å². The van der Waals surface area contributed by atoms with Gasteiger partial charge < -0.3 is 28.8 Å². The summed E-state index contributed by atoms with van der Waals surface area (Å²) in [7, 11) is -10.6. The number of hydrogen-bond donors (Lipinski definition) is 2. The second kappa shape index (κ2) is 12.7. The van der Waals surface area contributed by atoms with Crippen LogP contribution in [0.4, 0.5) is 0 Å². The van der Waals surface area contributed by atoms with Gasteiger partial charge in [0.1, 0.15) is 33.5 Å². The number of fused-ring (bicyclic) bond motifs is 1. The quantitative estimate of drug-likeness (QED) is 0.194. The first-order valence-corrected chi connectivity index (χ1v) is 10.8. The smallest absolute Gasteiger partial charge is 0.744 e. The molecule has 16 heteroatoms. The molecule has 2 N–H and O–H groups in total. The molecule has 0 aliphatic rings. The summed E-state index contributed by atoms with van der Waals surface area (Å²) in [5, 5.41) is 16.2. The molecule has 0 aliphatic heterocycles. The van der Waals surface area contributed by atoms with Gasteiger partial charge in [-0.1, -0.05) is 0 Å². The SMILES string of the molecule is O=C(OCCO)c1cc(S(=O)(=O)[O-])c2cc(C(=O)OCCO)cc(S(=O)(=O)[O-])c2c1.[Na+].[Na+]. The molecule has 32 heavy (non-hydrogen) atoms. The van der Waals surface area contributed by atoms with Gasteiger partial charge in [-0.25, -0.2) is 26.4 Å². The Hall–Kier alpha value is -0.620. The number of hydrogen-bond acceptors (Lipinski definition) is 12. The van der Waals surface area contributed by atoms with Crippen molar-refractivity contribution in [3.05, 3.63) is 35.4 Å². The van der Waals surface area contributed by atoms with Crippen molar-refractivity contribution < 1.29 is 114 Å². The van der Waals surface area contributed by atoms with Crippen molar-refractivity contribution in [2.24, 2.45) is 0 Å². The zero-order valence-corrected chi connectivity index (χ0v) is 22.6. The fraction of sp³-hybridized carbons (Fsp3) is 0.250. The van der Waals surface area contributed by atoms with Crippen LogP contribution in [0.15, 0.2) is 34.1 Å². The molecule has 164 valence electrons. The Bertz CT molecular complexity index is 1110. The maximum absolute atomic E-state index is 12.0. The van der Waals surface area contributed by atoms with E-state index in [0.717, 1.165) is 12.1 Å². The minimum Gasteiger partial charge on any atom is -0.744 e. The first kappa shape index (κ1) is 31.4. The largest absolute Gasteiger partial charge is 1.00 e. The second-order valence-electron chi connectivity index (χ2n) is 5.67. The molecule has 0 heterocycles. The van der Waals surface area contributed by atoms with Crippen molar-refractivity contribution >= 4 is 42.9 Å². The fourth-order valence-corrected chi connectivity index (χ4v) is 3.91. The Balaban J connectivity index is 0.00000480. The van der Waals surface area contributed by atoms with E-state index in [4.69, 9.17) is 10.2 Å². The topological polar surface area (TPSA) is 207 Å². The molecule has 0 radical (unpaired) electrons. The van der Waals surface area contributed by atoms with Crippen molar-refractivity contribution in [2.75, 3.05) is 26.4 Å². The van der Waals surface area contributed by atoms with E-state index >= 15 is 0 Å². The summed E-state index contributed by atoms with van der Waals surface area (Å²) in [6, 6.07) is 2.79. The molecule has 2 rings (SSSR count). The van der Waals surface area contributed by atoms with Gasteiger partial charge in [-0.2, -0.15) is 0 Å². The molecule has 0 spiro atoms. The summed E-state index contributed by atoms with van der Waals surface area (Å²) in [5.41, 5.74) is -1.16. The van der Waals surface area contributed by atoms with Gasteiger partial charge in [-0.05, 0) is 24.3 Å². The van der Waals surface area contributed by atoms with E-state index in [1.54, 1.807) is 0 Å². The number of benzene rings is 2. The molecule has 0 fully saturated rings. The number of ether oxygens (including phenoxy) is 2. The van der Waals surface area contributed by atoms with E-state index in [9.17, 15) is 35.5 Å². The van der Waals surface area contributed by atoms with Crippen LogP contribution in [0.5, 0.6) is 0 Å². The third-order valence-electron chi connectivity index (χ3n) is 3.65. The zero-order valence-electron chi connectivity index (χ0n) is 16.9. The summed E-state index contributed by atoms with van der Waals surface area (Å²) >= 11 is 0. The van der Waals surface area contributed by atoms with Gasteiger partial charge in [0.05, 0.1) is 34.1 Å². The Morgan fingerprint density at radius 3 is 1.28 bits per heavy atom. The van der Waals surface area contributed by atoms with Gasteiger partial charge in [0, 0.05) is 10.8 Å². The maximum atomic E-state index is 12.0. The minimum absolute atomic E-state index is 0. The number of carbonyl (C=O) groups excluding carboxylic acids is 2. The van der Waals surface area contributed by atoms with Gasteiger partial charge in [-0.3, -0.25) is 0 Å². The molecule has 2 aromatic carbocycles. The summed E-state index contributed by atoms with van der Waals surface area (Å²) < 4.78 is 79.6. The molecule has 0 saturated heterocycles. The molecule has 0 atom stereocenters. The van der Waals surface area contributed by atoms with E-state index in [1.807, 2.05) is 0 Å². The maximum Gasteiger partial charge on any atom is 1.00 e. The molecule has 0 saturated carbocycles. The zero-order chi connectivity index (χ0) is 22.7. The normalized spacial score (nSPS) is 11.2. The number of aliphatic hydroxyl groups excluding tert-OH is 2. The van der Waals surface area contributed by atoms with Crippen LogP contribution in [0.3, 0.4) is 0 Å². The summed E-state index contributed by atoms with van der Waals surface area (Å²) in [6.07, 6.45) is 0. The van der Waals surface area contributed by atoms with Crippen LogP contribution >= 0.6 is 0 Å². The van der Waals surface area contributed by atoms with Gasteiger partial charge in [-0.15, -0.1) is 0 Å². The van der Waals surface area contributed by atoms with Crippen LogP contribution in [-0.2, 0) is 29.7 Å². The van der Waals surface area contributed by atoms with Crippen LogP contribution in [0, 0.1) is 0 Å². The van der Waals surface area contributed by atoms with Crippen molar-refractivity contribution in [1.29, 1.82) is 0 Å². The predicted molar refractivity (Wildman–Crippen MR) is 94.6 cm³/mol. The number of rotatable bonds is 8. The number of aliphatic hydroxyl groups is 2. The van der Waals surface area contributed by atoms with Crippen molar-refractivity contribution in [1.82, 2.24) is 0 Å². The van der Waals surface area contributed by atoms with Gasteiger partial charge in [0.15, 0.2) is 0 Å². The third-order valence-corrected chi connectivity index (χ3v) is 5.41. The Morgan fingerprint density at radius 1 is 0.719 bits per heavy atom. The monoisotopic (exact) mass is 508 g/mol. The van der Waals surface area contributed by atoms with E-state index in [2.05, 4.69) is 9.47 Å². The van der Waals surface area contributed by atoms with E-state index in [0.29, 0.717) is 12.1 Å². The van der Waals surface area contributed by atoms with Crippen molar-refractivity contribution in [3.8, 4) is 0 Å². The molecule has 0 aliphatic carbocycles. The van der Waals surface area contributed by atoms with Gasteiger partial charge in [0.2, 0.25) is 0 Å². The molecular weight excluding hydrogens is 494 g/mol. The predicted octanol–water partition coefficient (Wildman–Crippen LogP) is -7.05. The van der Waals surface area contributed by atoms with Crippen molar-refractivity contribution in [3.63, 3.8) is 0 Å². The molecule has 0 unspecified atom stereocenters. The van der Waals surface area contributed by atoms with Gasteiger partial charge in [0.25, 0.3) is 0 Å². The molecular formula is C16H14Na2O12S2. The van der Waals surface area contributed by atoms with Gasteiger partial charge >= 0.3 is 71.1 Å². The van der Waals surface area contributed by atoms with Crippen molar-refractivity contribution in [2.45, 2.75) is 9.79 Å². The average Bonchev–Trinajstić information content (AvgIpc) is 2.66. The van der Waals surface area contributed by atoms with E-state index in [-0.39, 0.29) is 59.1 Å². The van der Waals surface area contributed by atoms with Crippen LogP contribution < -0.4 is 59.1 Å². The Labute approximate surface area is 227 Å². The standard InChI is InChI=1S/C16H16O12S2.2Na/c17-1-3-27-15(19)9-5-11-12(13(7-9)29(21,22)23)6-10(16(20)28-4-2-18)8-14(11)30(24,25)26;;/h5-8,17-18H,1-4H2,(H,21,22,23)(H,24,25,26);;/q;2*+1/p-2. The summed E-state index contributed by atoms with van der Waals surface area (Å²) in [5.74, 6) is -2.40. The second-order valence-corrected chi connectivity index (χ2v) is 8.37. The third kappa shape index (κ3) is 7.72. The number of carbonyl (C=O) groups is 2. The first-order valence-electron chi connectivity index (χ1n) is 7.99. The molecule has 0 aromatic heterocycles. The summed E-state index contributed by atoms with van der Waals surface area (Å²) in [4.78, 5) is 21.9. The Kier molecular flexibility index (Phi) is 12.5. The first-order chi connectivity index (χ1) is 13.9. The average molecular weight is 508 g/mol. The molecule has 0 bridgehead atoms. The minimum atomic E-state index is -5.32. The van der Waals surface area contributed by atoms with Crippen LogP contribution in [0.25, 0.3) is 10.8 Å². The van der Waals surface area contributed by atoms with Crippen LogP contribution in [0.1, 0.15) is 20.7 Å². The van der Waals surface area contributed by atoms with E-state index in [1.165, 1.54) is 0 Å². The van der Waals surface area contributed by atoms with Crippen LogP contribution in [0.2, 0.25) is 0 Å². The summed E-state index contributed by atoms with van der Waals surface area (Å²) in [6.45, 7) is -2.07. The fourth-order valence-electron chi connectivity index (χ4n) is 2.49.